The molecule has 0 saturated carbocycles. The quantitative estimate of drug-likeness (QED) is 0.444. The summed E-state index contributed by atoms with van der Waals surface area (Å²) in [5.74, 6) is -0.0590. The van der Waals surface area contributed by atoms with Crippen LogP contribution in [0.3, 0.4) is 0 Å². The number of rotatable bonds is 5. The van der Waals surface area contributed by atoms with Crippen LogP contribution in [0, 0.1) is 0 Å². The zero-order valence-electron chi connectivity index (χ0n) is 17.1. The number of aromatic nitrogens is 2. The molecule has 4 nitrogen and oxygen atoms in total. The number of carbonyl (C=O) groups is 1. The van der Waals surface area contributed by atoms with Gasteiger partial charge >= 0.3 is 0 Å². The lowest BCUT2D eigenvalue weighted by atomic mass is 10.0. The van der Waals surface area contributed by atoms with E-state index in [1.807, 2.05) is 36.6 Å². The van der Waals surface area contributed by atoms with Crippen LogP contribution in [-0.4, -0.2) is 15.9 Å². The Balaban J connectivity index is 1.25. The summed E-state index contributed by atoms with van der Waals surface area (Å²) in [5, 5.41) is 5.64. The van der Waals surface area contributed by atoms with Crippen LogP contribution in [0.4, 0.5) is 5.13 Å². The first-order chi connectivity index (χ1) is 15.2. The summed E-state index contributed by atoms with van der Waals surface area (Å²) in [6, 6.07) is 20.7. The van der Waals surface area contributed by atoms with E-state index >= 15 is 0 Å². The molecule has 0 radical (unpaired) electrons. The second-order valence-electron chi connectivity index (χ2n) is 7.65. The van der Waals surface area contributed by atoms with Crippen LogP contribution in [0.5, 0.6) is 0 Å². The lowest BCUT2D eigenvalue weighted by Crippen LogP contribution is -2.15. The Hall–Kier alpha value is -3.57. The van der Waals surface area contributed by atoms with Crippen LogP contribution in [-0.2, 0) is 17.6 Å². The zero-order chi connectivity index (χ0) is 21.2. The maximum atomic E-state index is 12.8. The van der Waals surface area contributed by atoms with Crippen molar-refractivity contribution < 1.29 is 4.79 Å². The minimum absolute atomic E-state index is 0.0590. The monoisotopic (exact) mass is 423 g/mol. The van der Waals surface area contributed by atoms with Crippen LogP contribution < -0.4 is 5.32 Å². The van der Waals surface area contributed by atoms with Crippen LogP contribution >= 0.6 is 11.3 Å². The highest BCUT2D eigenvalue weighted by molar-refractivity contribution is 7.14. The maximum absolute atomic E-state index is 12.8. The summed E-state index contributed by atoms with van der Waals surface area (Å²) in [7, 11) is 0. The van der Waals surface area contributed by atoms with Crippen molar-refractivity contribution in [3.05, 3.63) is 106 Å². The molecule has 4 aromatic rings. The zero-order valence-corrected chi connectivity index (χ0v) is 17.9. The van der Waals surface area contributed by atoms with E-state index in [1.54, 1.807) is 12.4 Å². The van der Waals surface area contributed by atoms with E-state index in [-0.39, 0.29) is 5.91 Å². The summed E-state index contributed by atoms with van der Waals surface area (Å²) < 4.78 is 0. The van der Waals surface area contributed by atoms with Crippen molar-refractivity contribution in [2.45, 2.75) is 19.8 Å². The van der Waals surface area contributed by atoms with Crippen molar-refractivity contribution >= 4 is 27.9 Å². The molecule has 2 aromatic heterocycles. The van der Waals surface area contributed by atoms with Gasteiger partial charge in [-0.2, -0.15) is 0 Å². The summed E-state index contributed by atoms with van der Waals surface area (Å²) in [6.07, 6.45) is 5.01. The number of allylic oxidation sites excluding steroid dienone is 1. The SMILES string of the molecule is CC1=C(C(=O)Nc2nc(Cc3ccc(-c4ccncc4)cc3)cs2)Cc2ccccc21. The molecule has 0 atom stereocenters. The fourth-order valence-electron chi connectivity index (χ4n) is 3.96. The number of carbonyl (C=O) groups excluding carboxylic acids is 1. The van der Waals surface area contributed by atoms with Gasteiger partial charge in [0.05, 0.1) is 5.69 Å². The molecule has 0 bridgehead atoms. The molecule has 1 aliphatic carbocycles. The highest BCUT2D eigenvalue weighted by Gasteiger charge is 2.23. The van der Waals surface area contributed by atoms with Crippen molar-refractivity contribution in [2.75, 3.05) is 5.32 Å². The van der Waals surface area contributed by atoms with E-state index in [0.29, 0.717) is 11.6 Å². The molecule has 0 saturated heterocycles. The van der Waals surface area contributed by atoms with E-state index in [0.717, 1.165) is 28.8 Å². The number of hydrogen-bond donors (Lipinski definition) is 1. The molecule has 152 valence electrons. The Morgan fingerprint density at radius 3 is 2.52 bits per heavy atom. The van der Waals surface area contributed by atoms with Gasteiger partial charge < -0.3 is 0 Å². The third kappa shape index (κ3) is 4.05. The van der Waals surface area contributed by atoms with Gasteiger partial charge in [0, 0.05) is 36.2 Å². The topological polar surface area (TPSA) is 54.9 Å². The Bertz CT molecular complexity index is 1270. The average molecular weight is 424 g/mol. The highest BCUT2D eigenvalue weighted by atomic mass is 32.1. The molecule has 0 unspecified atom stereocenters. The number of fused-ring (bicyclic) bond motifs is 1. The molecule has 5 heteroatoms. The predicted molar refractivity (Wildman–Crippen MR) is 126 cm³/mol. The predicted octanol–water partition coefficient (Wildman–Crippen LogP) is 5.76. The highest BCUT2D eigenvalue weighted by Crippen LogP contribution is 2.33. The fourth-order valence-corrected chi connectivity index (χ4v) is 4.67. The summed E-state index contributed by atoms with van der Waals surface area (Å²) in [4.78, 5) is 21.5. The Morgan fingerprint density at radius 2 is 1.74 bits per heavy atom. The molecule has 31 heavy (non-hydrogen) atoms. The molecule has 2 aromatic carbocycles. The van der Waals surface area contributed by atoms with Crippen LogP contribution in [0.15, 0.2) is 84.0 Å². The van der Waals surface area contributed by atoms with Crippen molar-refractivity contribution in [2.24, 2.45) is 0 Å². The first kappa shape index (κ1) is 19.4. The van der Waals surface area contributed by atoms with E-state index in [9.17, 15) is 4.79 Å². The van der Waals surface area contributed by atoms with Gasteiger partial charge in [0.25, 0.3) is 5.91 Å². The number of benzene rings is 2. The molecule has 1 amide bonds. The lowest BCUT2D eigenvalue weighted by Gasteiger charge is -2.04. The minimum atomic E-state index is -0.0590. The molecular formula is C26H21N3OS. The number of nitrogens with one attached hydrogen (secondary N) is 1. The molecule has 5 rings (SSSR count). The fraction of sp³-hybridized carbons (Fsp3) is 0.115. The van der Waals surface area contributed by atoms with E-state index in [1.165, 1.54) is 33.6 Å². The molecule has 1 aliphatic rings. The summed E-state index contributed by atoms with van der Waals surface area (Å²) >= 11 is 1.47. The van der Waals surface area contributed by atoms with Gasteiger partial charge in [-0.1, -0.05) is 48.5 Å². The number of pyridine rings is 1. The normalized spacial score (nSPS) is 12.7. The number of anilines is 1. The van der Waals surface area contributed by atoms with Crippen molar-refractivity contribution in [3.8, 4) is 11.1 Å². The molecule has 0 aliphatic heterocycles. The van der Waals surface area contributed by atoms with Gasteiger partial charge in [0.15, 0.2) is 5.13 Å². The second kappa shape index (κ2) is 8.28. The van der Waals surface area contributed by atoms with Crippen molar-refractivity contribution in [1.82, 2.24) is 9.97 Å². The summed E-state index contributed by atoms with van der Waals surface area (Å²) in [6.45, 7) is 2.02. The number of thiazole rings is 1. The number of amides is 1. The average Bonchev–Trinajstić information content (AvgIpc) is 3.39. The van der Waals surface area contributed by atoms with Gasteiger partial charge in [-0.05, 0) is 52.4 Å². The minimum Gasteiger partial charge on any atom is -0.298 e. The second-order valence-corrected chi connectivity index (χ2v) is 8.50. The van der Waals surface area contributed by atoms with E-state index < -0.39 is 0 Å². The van der Waals surface area contributed by atoms with Crippen molar-refractivity contribution in [3.63, 3.8) is 0 Å². The number of nitrogens with zero attached hydrogens (tertiary/aromatic N) is 2. The Labute approximate surface area is 185 Å². The third-order valence-electron chi connectivity index (χ3n) is 5.64. The Morgan fingerprint density at radius 1 is 1.00 bits per heavy atom. The van der Waals surface area contributed by atoms with E-state index in [2.05, 4.69) is 51.7 Å². The van der Waals surface area contributed by atoms with Crippen molar-refractivity contribution in [1.29, 1.82) is 0 Å². The molecular weight excluding hydrogens is 402 g/mol. The molecule has 0 spiro atoms. The van der Waals surface area contributed by atoms with Gasteiger partial charge in [0.2, 0.25) is 0 Å². The Kier molecular flexibility index (Phi) is 5.18. The lowest BCUT2D eigenvalue weighted by molar-refractivity contribution is -0.112. The standard InChI is InChI=1S/C26H21N3OS/c1-17-23-5-3-2-4-21(23)15-24(17)25(30)29-26-28-22(16-31-26)14-18-6-8-19(9-7-18)20-10-12-27-13-11-20/h2-13,16H,14-15H2,1H3,(H,28,29,30). The van der Waals surface area contributed by atoms with Crippen LogP contribution in [0.2, 0.25) is 0 Å². The third-order valence-corrected chi connectivity index (χ3v) is 6.45. The molecule has 1 N–H and O–H groups in total. The van der Waals surface area contributed by atoms with Gasteiger partial charge in [0.1, 0.15) is 0 Å². The maximum Gasteiger partial charge on any atom is 0.253 e. The van der Waals surface area contributed by atoms with Crippen LogP contribution in [0.1, 0.15) is 29.3 Å². The number of hydrogen-bond acceptors (Lipinski definition) is 4. The molecule has 2 heterocycles. The van der Waals surface area contributed by atoms with Crippen LogP contribution in [0.25, 0.3) is 16.7 Å². The largest absolute Gasteiger partial charge is 0.298 e. The summed E-state index contributed by atoms with van der Waals surface area (Å²) in [5.41, 5.74) is 8.72. The van der Waals surface area contributed by atoms with Gasteiger partial charge in [-0.3, -0.25) is 15.1 Å². The smallest absolute Gasteiger partial charge is 0.253 e. The van der Waals surface area contributed by atoms with E-state index in [4.69, 9.17) is 0 Å². The first-order valence-electron chi connectivity index (χ1n) is 10.2. The molecule has 0 fully saturated rings. The first-order valence-corrected chi connectivity index (χ1v) is 11.1. The van der Waals surface area contributed by atoms with Gasteiger partial charge in [-0.25, -0.2) is 4.98 Å². The van der Waals surface area contributed by atoms with Gasteiger partial charge in [-0.15, -0.1) is 11.3 Å².